The van der Waals surface area contributed by atoms with Crippen LogP contribution in [0.5, 0.6) is 0 Å². The van der Waals surface area contributed by atoms with Crippen molar-refractivity contribution >= 4 is 28.0 Å². The van der Waals surface area contributed by atoms with Gasteiger partial charge in [-0.1, -0.05) is 18.2 Å². The minimum atomic E-state index is -1.24. The van der Waals surface area contributed by atoms with Crippen LogP contribution in [0.4, 0.5) is 0 Å². The summed E-state index contributed by atoms with van der Waals surface area (Å²) in [4.78, 5) is 15.0. The Kier molecular flexibility index (Phi) is 2.60. The van der Waals surface area contributed by atoms with Gasteiger partial charge >= 0.3 is 0 Å². The van der Waals surface area contributed by atoms with Gasteiger partial charge in [-0.15, -0.1) is 0 Å². The third kappa shape index (κ3) is 1.80. The number of benzene rings is 1. The second-order valence-electron chi connectivity index (χ2n) is 3.15. The van der Waals surface area contributed by atoms with E-state index in [2.05, 4.69) is 4.98 Å². The lowest BCUT2D eigenvalue weighted by molar-refractivity contribution is 0.112. The largest absolute Gasteiger partial charge is 0.298 e. The molecule has 0 amide bonds. The molecule has 1 unspecified atom stereocenters. The molecule has 0 aliphatic heterocycles. The quantitative estimate of drug-likeness (QED) is 0.723. The molecule has 15 heavy (non-hydrogen) atoms. The first-order chi connectivity index (χ1) is 7.22. The van der Waals surface area contributed by atoms with Gasteiger partial charge in [-0.25, -0.2) is 4.98 Å². The standard InChI is InChI=1S/C11H9NO2S/c1-15(14)11-9(7-13)6-8-4-2-3-5-10(8)12-11/h2-7H,1H3. The van der Waals surface area contributed by atoms with Crippen molar-refractivity contribution in [3.05, 3.63) is 35.9 Å². The van der Waals surface area contributed by atoms with E-state index in [-0.39, 0.29) is 0 Å². The van der Waals surface area contributed by atoms with Crippen molar-refractivity contribution in [1.82, 2.24) is 4.98 Å². The average Bonchev–Trinajstić information content (AvgIpc) is 2.27. The van der Waals surface area contributed by atoms with E-state index in [1.165, 1.54) is 6.26 Å². The number of aromatic nitrogens is 1. The maximum Gasteiger partial charge on any atom is 0.152 e. The number of hydrogen-bond donors (Lipinski definition) is 0. The lowest BCUT2D eigenvalue weighted by atomic mass is 10.2. The summed E-state index contributed by atoms with van der Waals surface area (Å²) < 4.78 is 11.4. The van der Waals surface area contributed by atoms with Crippen molar-refractivity contribution in [3.63, 3.8) is 0 Å². The van der Waals surface area contributed by atoms with Crippen LogP contribution < -0.4 is 0 Å². The molecule has 1 aromatic carbocycles. The lowest BCUT2D eigenvalue weighted by Gasteiger charge is -2.02. The molecule has 4 heteroatoms. The van der Waals surface area contributed by atoms with Crippen molar-refractivity contribution in [2.24, 2.45) is 0 Å². The third-order valence-corrected chi connectivity index (χ3v) is 2.99. The summed E-state index contributed by atoms with van der Waals surface area (Å²) in [6.07, 6.45) is 2.21. The Morgan fingerprint density at radius 3 is 2.73 bits per heavy atom. The molecule has 1 heterocycles. The molecule has 1 aromatic heterocycles. The summed E-state index contributed by atoms with van der Waals surface area (Å²) in [5, 5.41) is 1.23. The zero-order chi connectivity index (χ0) is 10.8. The summed E-state index contributed by atoms with van der Waals surface area (Å²) in [5.41, 5.74) is 1.16. The molecule has 2 rings (SSSR count). The zero-order valence-electron chi connectivity index (χ0n) is 8.14. The van der Waals surface area contributed by atoms with Gasteiger partial charge < -0.3 is 0 Å². The Labute approximate surface area is 89.6 Å². The monoisotopic (exact) mass is 219 g/mol. The smallest absolute Gasteiger partial charge is 0.152 e. The number of fused-ring (bicyclic) bond motifs is 1. The van der Waals surface area contributed by atoms with E-state index in [0.717, 1.165) is 10.9 Å². The normalized spacial score (nSPS) is 12.6. The fourth-order valence-electron chi connectivity index (χ4n) is 1.43. The Morgan fingerprint density at radius 2 is 2.07 bits per heavy atom. The Morgan fingerprint density at radius 1 is 1.33 bits per heavy atom. The number of carbonyl (C=O) groups excluding carboxylic acids is 1. The Hall–Kier alpha value is -1.55. The fourth-order valence-corrected chi connectivity index (χ4v) is 2.10. The van der Waals surface area contributed by atoms with E-state index in [1.54, 1.807) is 6.07 Å². The fraction of sp³-hybridized carbons (Fsp3) is 0.0909. The minimum absolute atomic E-state index is 0.351. The predicted octanol–water partition coefficient (Wildman–Crippen LogP) is 1.78. The zero-order valence-corrected chi connectivity index (χ0v) is 8.95. The van der Waals surface area contributed by atoms with E-state index >= 15 is 0 Å². The molecule has 0 saturated carbocycles. The maximum atomic E-state index is 11.4. The van der Waals surface area contributed by atoms with Crippen LogP contribution in [-0.4, -0.2) is 21.7 Å². The number of hydrogen-bond acceptors (Lipinski definition) is 3. The molecular formula is C11H9NO2S. The highest BCUT2D eigenvalue weighted by Crippen LogP contribution is 2.17. The van der Waals surface area contributed by atoms with Gasteiger partial charge in [-0.3, -0.25) is 9.00 Å². The molecule has 2 aromatic rings. The van der Waals surface area contributed by atoms with E-state index < -0.39 is 10.8 Å². The topological polar surface area (TPSA) is 47.0 Å². The lowest BCUT2D eigenvalue weighted by Crippen LogP contribution is -1.99. The highest BCUT2D eigenvalue weighted by Gasteiger charge is 2.08. The van der Waals surface area contributed by atoms with Gasteiger partial charge in [0.25, 0.3) is 0 Å². The number of nitrogens with zero attached hydrogens (tertiary/aromatic N) is 1. The Balaban J connectivity index is 2.80. The number of carbonyl (C=O) groups is 1. The first kappa shape index (κ1) is 9.98. The van der Waals surface area contributed by atoms with E-state index in [9.17, 15) is 9.00 Å². The summed E-state index contributed by atoms with van der Waals surface area (Å²) in [6, 6.07) is 9.16. The van der Waals surface area contributed by atoms with Crippen LogP contribution in [-0.2, 0) is 10.8 Å². The molecule has 1 atom stereocenters. The van der Waals surface area contributed by atoms with E-state index in [1.807, 2.05) is 24.3 Å². The van der Waals surface area contributed by atoms with E-state index in [4.69, 9.17) is 0 Å². The summed E-state index contributed by atoms with van der Waals surface area (Å²) in [5.74, 6) is 0. The molecule has 76 valence electrons. The average molecular weight is 219 g/mol. The molecule has 0 aliphatic rings. The number of para-hydroxylation sites is 1. The van der Waals surface area contributed by atoms with Crippen LogP contribution in [0.25, 0.3) is 10.9 Å². The highest BCUT2D eigenvalue weighted by molar-refractivity contribution is 7.84. The summed E-state index contributed by atoms with van der Waals surface area (Å²) in [7, 11) is -1.24. The van der Waals surface area contributed by atoms with Gasteiger partial charge in [0.15, 0.2) is 6.29 Å². The molecule has 3 nitrogen and oxygen atoms in total. The van der Waals surface area contributed by atoms with Crippen LogP contribution in [0.15, 0.2) is 35.4 Å². The summed E-state index contributed by atoms with van der Waals surface area (Å²) >= 11 is 0. The van der Waals surface area contributed by atoms with E-state index in [0.29, 0.717) is 16.9 Å². The van der Waals surface area contributed by atoms with Crippen LogP contribution in [0.2, 0.25) is 0 Å². The third-order valence-electron chi connectivity index (χ3n) is 2.12. The van der Waals surface area contributed by atoms with Gasteiger partial charge in [-0.2, -0.15) is 0 Å². The van der Waals surface area contributed by atoms with Crippen molar-refractivity contribution < 1.29 is 9.00 Å². The number of aldehydes is 1. The SMILES string of the molecule is CS(=O)c1nc2ccccc2cc1C=O. The number of rotatable bonds is 2. The minimum Gasteiger partial charge on any atom is -0.298 e. The Bertz CT molecular complexity index is 551. The van der Waals surface area contributed by atoms with Crippen molar-refractivity contribution in [2.75, 3.05) is 6.26 Å². The van der Waals surface area contributed by atoms with Crippen LogP contribution in [0, 0.1) is 0 Å². The molecular weight excluding hydrogens is 210 g/mol. The van der Waals surface area contributed by atoms with Gasteiger partial charge in [0.2, 0.25) is 0 Å². The van der Waals surface area contributed by atoms with Crippen molar-refractivity contribution in [2.45, 2.75) is 5.03 Å². The van der Waals surface area contributed by atoms with Crippen LogP contribution >= 0.6 is 0 Å². The maximum absolute atomic E-state index is 11.4. The molecule has 0 bridgehead atoms. The second-order valence-corrected chi connectivity index (χ2v) is 4.44. The molecule has 0 fully saturated rings. The molecule has 0 N–H and O–H groups in total. The van der Waals surface area contributed by atoms with Gasteiger partial charge in [0.05, 0.1) is 16.3 Å². The second kappa shape index (κ2) is 3.90. The van der Waals surface area contributed by atoms with Gasteiger partial charge in [0.1, 0.15) is 5.03 Å². The molecule has 0 saturated heterocycles. The first-order valence-corrected chi connectivity index (χ1v) is 5.96. The van der Waals surface area contributed by atoms with Crippen LogP contribution in [0.3, 0.4) is 0 Å². The predicted molar refractivity (Wildman–Crippen MR) is 59.5 cm³/mol. The van der Waals surface area contributed by atoms with Gasteiger partial charge in [0, 0.05) is 17.2 Å². The van der Waals surface area contributed by atoms with Gasteiger partial charge in [-0.05, 0) is 12.1 Å². The number of pyridine rings is 1. The molecule has 0 spiro atoms. The van der Waals surface area contributed by atoms with Crippen LogP contribution in [0.1, 0.15) is 10.4 Å². The molecule has 0 aliphatic carbocycles. The first-order valence-electron chi connectivity index (χ1n) is 4.41. The van der Waals surface area contributed by atoms with Crippen molar-refractivity contribution in [3.8, 4) is 0 Å². The van der Waals surface area contributed by atoms with Crippen molar-refractivity contribution in [1.29, 1.82) is 0 Å². The summed E-state index contributed by atoms with van der Waals surface area (Å²) in [6.45, 7) is 0. The molecule has 0 radical (unpaired) electrons. The highest BCUT2D eigenvalue weighted by atomic mass is 32.2.